The fraction of sp³-hybridized carbons (Fsp3) is 0.231. The number of rotatable bonds is 0. The second-order valence-corrected chi connectivity index (χ2v) is 4.47. The Morgan fingerprint density at radius 3 is 3.00 bits per heavy atom. The Labute approximate surface area is 99.6 Å². The molecule has 0 amide bonds. The summed E-state index contributed by atoms with van der Waals surface area (Å²) in [6.07, 6.45) is 12.3. The van der Waals surface area contributed by atoms with Crippen molar-refractivity contribution in [3.05, 3.63) is 42.8 Å². The van der Waals surface area contributed by atoms with Gasteiger partial charge in [-0.15, -0.1) is 0 Å². The molecule has 3 heterocycles. The maximum Gasteiger partial charge on any atom is 0.206 e. The fourth-order valence-corrected chi connectivity index (χ4v) is 2.74. The summed E-state index contributed by atoms with van der Waals surface area (Å²) in [7, 11) is 2.06. The minimum atomic E-state index is 0.241. The van der Waals surface area contributed by atoms with Crippen LogP contribution in [0.5, 0.6) is 0 Å². The van der Waals surface area contributed by atoms with Crippen molar-refractivity contribution in [3.8, 4) is 0 Å². The maximum absolute atomic E-state index is 4.77. The molecular weight excluding hydrogens is 212 g/mol. The van der Waals surface area contributed by atoms with E-state index in [1.54, 1.807) is 0 Å². The van der Waals surface area contributed by atoms with Crippen molar-refractivity contribution < 1.29 is 0 Å². The number of allylic oxidation sites excluding steroid dienone is 2. The summed E-state index contributed by atoms with van der Waals surface area (Å²) in [5.41, 5.74) is 2.33. The minimum absolute atomic E-state index is 0.241. The largest absolute Gasteiger partial charge is 0.313 e. The minimum Gasteiger partial charge on any atom is -0.313 e. The van der Waals surface area contributed by atoms with Gasteiger partial charge < -0.3 is 4.90 Å². The summed E-state index contributed by atoms with van der Waals surface area (Å²) >= 11 is 0. The molecule has 3 aliphatic rings. The van der Waals surface area contributed by atoms with Crippen molar-refractivity contribution in [2.75, 3.05) is 16.8 Å². The molecule has 1 unspecified atom stereocenters. The summed E-state index contributed by atoms with van der Waals surface area (Å²) in [4.78, 5) is 13.4. The highest BCUT2D eigenvalue weighted by Crippen LogP contribution is 2.41. The molecule has 0 radical (unpaired) electrons. The Kier molecular flexibility index (Phi) is 1.57. The predicted octanol–water partition coefficient (Wildman–Crippen LogP) is 1.57. The number of guanidine groups is 1. The first-order valence-corrected chi connectivity index (χ1v) is 5.76. The second kappa shape index (κ2) is 2.97. The van der Waals surface area contributed by atoms with Crippen LogP contribution in [-0.2, 0) is 0 Å². The number of hydrogen-bond donors (Lipinski definition) is 0. The molecule has 2 aliphatic heterocycles. The SMILES string of the molecule is CN1C2=N[C@H]3C=CC=CC3N2c2cnccc21. The van der Waals surface area contributed by atoms with Crippen LogP contribution in [-0.4, -0.2) is 30.1 Å². The van der Waals surface area contributed by atoms with E-state index < -0.39 is 0 Å². The molecule has 0 aromatic carbocycles. The second-order valence-electron chi connectivity index (χ2n) is 4.47. The molecule has 0 saturated heterocycles. The van der Waals surface area contributed by atoms with E-state index in [1.165, 1.54) is 5.69 Å². The average Bonchev–Trinajstić information content (AvgIpc) is 2.88. The lowest BCUT2D eigenvalue weighted by atomic mass is 10.0. The highest BCUT2D eigenvalue weighted by atomic mass is 15.5. The van der Waals surface area contributed by atoms with Crippen molar-refractivity contribution in [3.63, 3.8) is 0 Å². The third-order valence-electron chi connectivity index (χ3n) is 3.55. The Morgan fingerprint density at radius 1 is 1.18 bits per heavy atom. The molecule has 4 nitrogen and oxygen atoms in total. The standard InChI is InChI=1S/C13H12N4/c1-16-11-6-7-14-8-12(11)17-10-5-3-2-4-9(10)15-13(16)17/h2-10H,1H3/t9-,10?/m0/s1. The van der Waals surface area contributed by atoms with Crippen molar-refractivity contribution in [1.29, 1.82) is 0 Å². The molecule has 0 spiro atoms. The van der Waals surface area contributed by atoms with E-state index in [9.17, 15) is 0 Å². The van der Waals surface area contributed by atoms with E-state index in [0.29, 0.717) is 6.04 Å². The third-order valence-corrected chi connectivity index (χ3v) is 3.55. The molecule has 1 aromatic rings. The van der Waals surface area contributed by atoms with Crippen LogP contribution < -0.4 is 9.80 Å². The summed E-state index contributed by atoms with van der Waals surface area (Å²) in [6.45, 7) is 0. The van der Waals surface area contributed by atoms with Gasteiger partial charge in [0.25, 0.3) is 0 Å². The normalized spacial score (nSPS) is 27.9. The van der Waals surface area contributed by atoms with Gasteiger partial charge in [-0.2, -0.15) is 0 Å². The molecule has 0 saturated carbocycles. The molecule has 0 bridgehead atoms. The van der Waals surface area contributed by atoms with Crippen molar-refractivity contribution in [1.82, 2.24) is 4.98 Å². The van der Waals surface area contributed by atoms with Gasteiger partial charge >= 0.3 is 0 Å². The monoisotopic (exact) mass is 224 g/mol. The van der Waals surface area contributed by atoms with Gasteiger partial charge in [-0.05, 0) is 6.07 Å². The Balaban J connectivity index is 1.90. The lowest BCUT2D eigenvalue weighted by Crippen LogP contribution is -2.40. The number of pyridine rings is 1. The molecule has 4 rings (SSSR count). The molecule has 4 heteroatoms. The van der Waals surface area contributed by atoms with E-state index in [1.807, 2.05) is 18.5 Å². The number of aliphatic imine (C=N–C) groups is 1. The van der Waals surface area contributed by atoms with Gasteiger partial charge in [0.1, 0.15) is 0 Å². The Bertz CT molecular complexity index is 573. The van der Waals surface area contributed by atoms with Crippen LogP contribution in [0.3, 0.4) is 0 Å². The van der Waals surface area contributed by atoms with Gasteiger partial charge in [0.2, 0.25) is 5.96 Å². The van der Waals surface area contributed by atoms with Gasteiger partial charge in [0.05, 0.1) is 29.7 Å². The first-order valence-electron chi connectivity index (χ1n) is 5.76. The molecule has 0 fully saturated rings. The van der Waals surface area contributed by atoms with E-state index in [-0.39, 0.29) is 6.04 Å². The number of nitrogens with zero attached hydrogens (tertiary/aromatic N) is 4. The summed E-state index contributed by atoms with van der Waals surface area (Å²) < 4.78 is 0. The molecule has 2 atom stereocenters. The van der Waals surface area contributed by atoms with E-state index in [2.05, 4.69) is 46.1 Å². The van der Waals surface area contributed by atoms with Crippen LogP contribution in [0.2, 0.25) is 0 Å². The molecule has 0 N–H and O–H groups in total. The van der Waals surface area contributed by atoms with Crippen molar-refractivity contribution in [2.45, 2.75) is 12.1 Å². The fourth-order valence-electron chi connectivity index (χ4n) is 2.74. The molecule has 84 valence electrons. The van der Waals surface area contributed by atoms with Crippen molar-refractivity contribution in [2.24, 2.45) is 4.99 Å². The zero-order chi connectivity index (χ0) is 11.4. The Morgan fingerprint density at radius 2 is 2.06 bits per heavy atom. The lowest BCUT2D eigenvalue weighted by molar-refractivity contribution is 0.740. The number of anilines is 2. The molecular formula is C13H12N4. The molecule has 1 aromatic heterocycles. The zero-order valence-corrected chi connectivity index (χ0v) is 9.49. The van der Waals surface area contributed by atoms with E-state index >= 15 is 0 Å². The number of hydrogen-bond acceptors (Lipinski definition) is 4. The lowest BCUT2D eigenvalue weighted by Gasteiger charge is -2.23. The predicted molar refractivity (Wildman–Crippen MR) is 68.4 cm³/mol. The summed E-state index contributed by atoms with van der Waals surface area (Å²) in [5.74, 6) is 1.03. The third kappa shape index (κ3) is 1.02. The van der Waals surface area contributed by atoms with Crippen molar-refractivity contribution >= 4 is 17.3 Å². The van der Waals surface area contributed by atoms with Crippen LogP contribution >= 0.6 is 0 Å². The van der Waals surface area contributed by atoms with Gasteiger partial charge in [0.15, 0.2) is 0 Å². The van der Waals surface area contributed by atoms with Crippen LogP contribution in [0.15, 0.2) is 47.8 Å². The Hall–Kier alpha value is -2.10. The first-order chi connectivity index (χ1) is 8.36. The zero-order valence-electron chi connectivity index (χ0n) is 9.49. The van der Waals surface area contributed by atoms with Crippen LogP contribution in [0.25, 0.3) is 0 Å². The quantitative estimate of drug-likeness (QED) is 0.670. The number of aromatic nitrogens is 1. The molecule has 17 heavy (non-hydrogen) atoms. The topological polar surface area (TPSA) is 31.7 Å². The number of fused-ring (bicyclic) bond motifs is 5. The highest BCUT2D eigenvalue weighted by Gasteiger charge is 2.42. The summed E-state index contributed by atoms with van der Waals surface area (Å²) in [6, 6.07) is 2.59. The smallest absolute Gasteiger partial charge is 0.206 e. The van der Waals surface area contributed by atoms with Crippen LogP contribution in [0, 0.1) is 0 Å². The van der Waals surface area contributed by atoms with Gasteiger partial charge in [-0.1, -0.05) is 24.3 Å². The maximum atomic E-state index is 4.77. The van der Waals surface area contributed by atoms with Crippen LogP contribution in [0.4, 0.5) is 11.4 Å². The van der Waals surface area contributed by atoms with Gasteiger partial charge in [0, 0.05) is 13.2 Å². The average molecular weight is 224 g/mol. The summed E-state index contributed by atoms with van der Waals surface area (Å²) in [5, 5.41) is 0. The van der Waals surface area contributed by atoms with E-state index in [0.717, 1.165) is 11.6 Å². The van der Waals surface area contributed by atoms with Gasteiger partial charge in [-0.3, -0.25) is 9.88 Å². The van der Waals surface area contributed by atoms with E-state index in [4.69, 9.17) is 4.99 Å². The van der Waals surface area contributed by atoms with Gasteiger partial charge in [-0.25, -0.2) is 4.99 Å². The van der Waals surface area contributed by atoms with Crippen LogP contribution in [0.1, 0.15) is 0 Å². The highest BCUT2D eigenvalue weighted by molar-refractivity contribution is 6.17. The molecule has 1 aliphatic carbocycles. The first kappa shape index (κ1) is 8.98.